The molecule has 0 aromatic carbocycles. The van der Waals surface area contributed by atoms with Gasteiger partial charge in [-0.2, -0.15) is 4.31 Å². The Bertz CT molecular complexity index is 157. The second-order valence-corrected chi connectivity index (χ2v) is 3.68. The minimum absolute atomic E-state index is 0. The van der Waals surface area contributed by atoms with Gasteiger partial charge in [0.25, 0.3) is 0 Å². The zero-order valence-corrected chi connectivity index (χ0v) is 7.54. The number of hydrogen-bond donors (Lipinski definition) is 4. The van der Waals surface area contributed by atoms with Crippen molar-refractivity contribution in [1.82, 2.24) is 0 Å². The van der Waals surface area contributed by atoms with E-state index in [1.807, 2.05) is 0 Å². The Balaban J connectivity index is -0.000000320. The molecule has 1 radical (unpaired) electrons. The molecule has 0 fully saturated rings. The van der Waals surface area contributed by atoms with E-state index in [9.17, 15) is 9.13 Å². The van der Waals surface area contributed by atoms with Crippen LogP contribution in [0.4, 0.5) is 0 Å². The van der Waals surface area contributed by atoms with Gasteiger partial charge in [-0.3, -0.25) is 0 Å². The predicted octanol–water partition coefficient (Wildman–Crippen LogP) is -1.46. The van der Waals surface area contributed by atoms with Crippen molar-refractivity contribution in [3.05, 3.63) is 0 Å². The molecule has 0 unspecified atom stereocenters. The first kappa shape index (κ1) is 18.3. The van der Waals surface area contributed by atoms with Crippen LogP contribution >= 0.6 is 15.6 Å². The molecule has 0 aromatic heterocycles. The van der Waals surface area contributed by atoms with Gasteiger partial charge in [-0.15, -0.1) is 0 Å². The van der Waals surface area contributed by atoms with E-state index < -0.39 is 15.6 Å². The molecule has 11 heteroatoms. The number of phosphoric acid groups is 2. The van der Waals surface area contributed by atoms with Crippen molar-refractivity contribution < 1.29 is 51.6 Å². The Morgan fingerprint density at radius 2 is 1.09 bits per heavy atom. The Morgan fingerprint density at radius 1 is 0.909 bits per heavy atom. The average Bonchev–Trinajstić information content (AvgIpc) is 1.14. The molecular weight excluding hydrogens is 232 g/mol. The SMILES string of the molecule is O=P(O)(O)OP(=O)(O)O.[LiH].[V]. The third-order valence-electron chi connectivity index (χ3n) is 0.213. The Kier molecular flexibility index (Phi) is 9.94. The van der Waals surface area contributed by atoms with Crippen molar-refractivity contribution in [2.24, 2.45) is 0 Å². The maximum Gasteiger partial charge on any atom is 0 e. The summed E-state index contributed by atoms with van der Waals surface area (Å²) < 4.78 is 22.2. The average molecular weight is 237 g/mol. The zero-order chi connectivity index (χ0) is 7.71. The molecule has 63 valence electrons. The van der Waals surface area contributed by atoms with E-state index in [0.29, 0.717) is 0 Å². The fourth-order valence-corrected chi connectivity index (χ4v) is 1.25. The summed E-state index contributed by atoms with van der Waals surface area (Å²) in [4.78, 5) is 31.0. The smallest absolute Gasteiger partial charge is 0 e. The van der Waals surface area contributed by atoms with Crippen molar-refractivity contribution in [1.29, 1.82) is 0 Å². The third-order valence-corrected chi connectivity index (χ3v) is 1.91. The minimum atomic E-state index is -5.05. The molecule has 0 rings (SSSR count). The summed E-state index contributed by atoms with van der Waals surface area (Å²) in [5.74, 6) is 0. The van der Waals surface area contributed by atoms with Crippen LogP contribution < -0.4 is 0 Å². The van der Waals surface area contributed by atoms with Gasteiger partial charge in [-0.25, -0.2) is 9.13 Å². The van der Waals surface area contributed by atoms with E-state index in [2.05, 4.69) is 4.31 Å². The summed E-state index contributed by atoms with van der Waals surface area (Å²) in [6.45, 7) is 0. The Morgan fingerprint density at radius 3 is 1.09 bits per heavy atom. The monoisotopic (exact) mass is 237 g/mol. The van der Waals surface area contributed by atoms with E-state index in [0.717, 1.165) is 0 Å². The van der Waals surface area contributed by atoms with Crippen LogP contribution in [-0.4, -0.2) is 38.4 Å². The van der Waals surface area contributed by atoms with E-state index in [4.69, 9.17) is 19.6 Å². The fourth-order valence-electron chi connectivity index (χ4n) is 0.139. The molecule has 0 atom stereocenters. The minimum Gasteiger partial charge on any atom is 0 e. The number of rotatable bonds is 2. The van der Waals surface area contributed by atoms with Crippen LogP contribution in [0.3, 0.4) is 0 Å². The first-order chi connectivity index (χ1) is 3.71. The molecule has 11 heavy (non-hydrogen) atoms. The van der Waals surface area contributed by atoms with Gasteiger partial charge in [-0.1, -0.05) is 0 Å². The van der Waals surface area contributed by atoms with Gasteiger partial charge in [0.2, 0.25) is 0 Å². The summed E-state index contributed by atoms with van der Waals surface area (Å²) in [5, 5.41) is 0. The number of hydrogen-bond acceptors (Lipinski definition) is 3. The predicted molar refractivity (Wildman–Crippen MR) is 32.3 cm³/mol. The van der Waals surface area contributed by atoms with Gasteiger partial charge in [-0.05, 0) is 0 Å². The van der Waals surface area contributed by atoms with Crippen molar-refractivity contribution in [2.75, 3.05) is 0 Å². The molecule has 0 aliphatic rings. The largest absolute Gasteiger partial charge is 0 e. The summed E-state index contributed by atoms with van der Waals surface area (Å²) in [5.41, 5.74) is 0. The van der Waals surface area contributed by atoms with E-state index in [1.165, 1.54) is 0 Å². The van der Waals surface area contributed by atoms with E-state index in [-0.39, 0.29) is 37.4 Å². The van der Waals surface area contributed by atoms with Gasteiger partial charge >= 0.3 is 34.5 Å². The van der Waals surface area contributed by atoms with Crippen LogP contribution in [0.25, 0.3) is 0 Å². The standard InChI is InChI=1S/Li.H4O7P2.V.H/c;1-8(2,3)7-9(4,5)6;;/h;(H2,1,2,3)(H2,4,5,6);;. The summed E-state index contributed by atoms with van der Waals surface area (Å²) in [6, 6.07) is 0. The second-order valence-electron chi connectivity index (χ2n) is 1.06. The van der Waals surface area contributed by atoms with Crippen molar-refractivity contribution >= 4 is 34.5 Å². The van der Waals surface area contributed by atoms with Crippen LogP contribution in [-0.2, 0) is 32.0 Å². The molecule has 0 aliphatic carbocycles. The Hall–Kier alpha value is 1.44. The van der Waals surface area contributed by atoms with Gasteiger partial charge in [0.05, 0.1) is 0 Å². The Labute approximate surface area is 86.1 Å². The molecule has 0 saturated carbocycles. The summed E-state index contributed by atoms with van der Waals surface area (Å²) in [6.07, 6.45) is 0. The quantitative estimate of drug-likeness (QED) is 0.341. The fraction of sp³-hybridized carbons (Fsp3) is 0. The van der Waals surface area contributed by atoms with Crippen LogP contribution in [0.15, 0.2) is 0 Å². The second kappa shape index (κ2) is 5.98. The molecule has 0 heterocycles. The normalized spacial score (nSPS) is 11.3. The van der Waals surface area contributed by atoms with Crippen molar-refractivity contribution in [3.63, 3.8) is 0 Å². The maximum absolute atomic E-state index is 9.63. The van der Waals surface area contributed by atoms with Crippen LogP contribution in [0.5, 0.6) is 0 Å². The first-order valence-electron chi connectivity index (χ1n) is 1.53. The molecule has 0 bridgehead atoms. The van der Waals surface area contributed by atoms with Gasteiger partial charge in [0.15, 0.2) is 0 Å². The van der Waals surface area contributed by atoms with E-state index >= 15 is 0 Å². The topological polar surface area (TPSA) is 124 Å². The molecule has 0 amide bonds. The zero-order valence-electron chi connectivity index (χ0n) is 4.36. The molecule has 4 N–H and O–H groups in total. The van der Waals surface area contributed by atoms with Crippen molar-refractivity contribution in [2.45, 2.75) is 0 Å². The summed E-state index contributed by atoms with van der Waals surface area (Å²) >= 11 is 0. The molecule has 0 spiro atoms. The summed E-state index contributed by atoms with van der Waals surface area (Å²) in [7, 11) is -10.1. The van der Waals surface area contributed by atoms with Gasteiger partial charge in [0.1, 0.15) is 0 Å². The van der Waals surface area contributed by atoms with E-state index in [1.54, 1.807) is 0 Å². The maximum atomic E-state index is 9.63. The van der Waals surface area contributed by atoms with Crippen LogP contribution in [0.2, 0.25) is 0 Å². The molecule has 0 aromatic rings. The third kappa shape index (κ3) is 18.4. The molecule has 7 nitrogen and oxygen atoms in total. The van der Waals surface area contributed by atoms with Crippen molar-refractivity contribution in [3.8, 4) is 0 Å². The van der Waals surface area contributed by atoms with Crippen LogP contribution in [0.1, 0.15) is 0 Å². The molecular formula is H5LiO7P2V. The molecule has 0 saturated heterocycles. The van der Waals surface area contributed by atoms with Gasteiger partial charge < -0.3 is 19.6 Å². The molecule has 0 aliphatic heterocycles. The van der Waals surface area contributed by atoms with Crippen LogP contribution in [0, 0.1) is 0 Å². The van der Waals surface area contributed by atoms with Gasteiger partial charge in [0, 0.05) is 18.6 Å². The first-order valence-corrected chi connectivity index (χ1v) is 4.59.